The molecule has 1 atom stereocenters. The average Bonchev–Trinajstić information content (AvgIpc) is 3.17. The lowest BCUT2D eigenvalue weighted by atomic mass is 10.0. The monoisotopic (exact) mass is 443 g/mol. The Hall–Kier alpha value is -1.28. The number of fused-ring (bicyclic) bond motifs is 1. The van der Waals surface area contributed by atoms with Gasteiger partial charge in [0.2, 0.25) is 0 Å². The lowest BCUT2D eigenvalue weighted by molar-refractivity contribution is 0.0243. The summed E-state index contributed by atoms with van der Waals surface area (Å²) >= 11 is 0. The molecule has 1 aliphatic heterocycles. The Morgan fingerprint density at radius 1 is 1.29 bits per heavy atom. The number of guanidine groups is 1. The van der Waals surface area contributed by atoms with Gasteiger partial charge in [-0.15, -0.1) is 24.0 Å². The van der Waals surface area contributed by atoms with Gasteiger partial charge in [0.15, 0.2) is 5.96 Å². The first kappa shape index (κ1) is 19.1. The van der Waals surface area contributed by atoms with Crippen LogP contribution in [0.15, 0.2) is 39.7 Å². The molecule has 1 saturated heterocycles. The number of hydrogen-bond donors (Lipinski definition) is 2. The minimum Gasteiger partial charge on any atom is -0.461 e. The highest BCUT2D eigenvalue weighted by atomic mass is 127. The van der Waals surface area contributed by atoms with Gasteiger partial charge in [0.1, 0.15) is 11.3 Å². The molecule has 0 aliphatic carbocycles. The average molecular weight is 443 g/mol. The first-order valence-corrected chi connectivity index (χ1v) is 8.24. The third-order valence-corrected chi connectivity index (χ3v) is 4.29. The summed E-state index contributed by atoms with van der Waals surface area (Å²) < 4.78 is 11.6. The van der Waals surface area contributed by atoms with E-state index in [1.54, 1.807) is 7.05 Å². The maximum atomic E-state index is 5.82. The Morgan fingerprint density at radius 3 is 2.83 bits per heavy atom. The number of ether oxygens (including phenoxy) is 1. The summed E-state index contributed by atoms with van der Waals surface area (Å²) in [5.74, 6) is 1.79. The molecule has 2 heterocycles. The van der Waals surface area contributed by atoms with Crippen LogP contribution in [0, 0.1) is 0 Å². The molecule has 2 aromatic rings. The van der Waals surface area contributed by atoms with Crippen molar-refractivity contribution in [2.45, 2.75) is 31.8 Å². The van der Waals surface area contributed by atoms with Gasteiger partial charge >= 0.3 is 0 Å². The second-order valence-corrected chi connectivity index (χ2v) is 6.26. The van der Waals surface area contributed by atoms with Crippen molar-refractivity contribution in [3.05, 3.63) is 36.1 Å². The van der Waals surface area contributed by atoms with E-state index >= 15 is 0 Å². The fourth-order valence-electron chi connectivity index (χ4n) is 2.93. The minimum absolute atomic E-state index is 0. The Kier molecular flexibility index (Phi) is 6.91. The smallest absolute Gasteiger partial charge is 0.191 e. The van der Waals surface area contributed by atoms with Crippen LogP contribution in [0.4, 0.5) is 0 Å². The second-order valence-electron chi connectivity index (χ2n) is 6.26. The predicted molar refractivity (Wildman–Crippen MR) is 108 cm³/mol. The number of halogens is 1. The van der Waals surface area contributed by atoms with Crippen LogP contribution >= 0.6 is 24.0 Å². The van der Waals surface area contributed by atoms with Crippen molar-refractivity contribution in [1.82, 2.24) is 10.6 Å². The summed E-state index contributed by atoms with van der Waals surface area (Å²) in [6.07, 6.45) is 3.05. The highest BCUT2D eigenvalue weighted by Crippen LogP contribution is 2.23. The van der Waals surface area contributed by atoms with Crippen molar-refractivity contribution < 1.29 is 9.15 Å². The number of aliphatic imine (C=N–C) groups is 1. The minimum atomic E-state index is -0.0731. The molecular formula is C18H26IN3O2. The molecule has 2 N–H and O–H groups in total. The van der Waals surface area contributed by atoms with Gasteiger partial charge in [0.25, 0.3) is 0 Å². The maximum Gasteiger partial charge on any atom is 0.191 e. The zero-order valence-electron chi connectivity index (χ0n) is 14.3. The summed E-state index contributed by atoms with van der Waals surface area (Å²) in [7, 11) is 1.79. The third kappa shape index (κ3) is 4.86. The van der Waals surface area contributed by atoms with E-state index in [0.29, 0.717) is 0 Å². The van der Waals surface area contributed by atoms with Gasteiger partial charge in [-0.2, -0.15) is 0 Å². The van der Waals surface area contributed by atoms with E-state index in [-0.39, 0.29) is 29.6 Å². The SMILES string of the molecule is CN=C(NCCc1cc2ccccc2o1)NCC1(C)CCCO1.I. The summed E-state index contributed by atoms with van der Waals surface area (Å²) in [4.78, 5) is 4.26. The molecular weight excluding hydrogens is 417 g/mol. The Balaban J connectivity index is 0.00000208. The van der Waals surface area contributed by atoms with Crippen LogP contribution in [0.25, 0.3) is 11.0 Å². The van der Waals surface area contributed by atoms with Crippen LogP contribution in [-0.4, -0.2) is 38.3 Å². The summed E-state index contributed by atoms with van der Waals surface area (Å²) in [6.45, 7) is 4.55. The van der Waals surface area contributed by atoms with Crippen LogP contribution in [0.1, 0.15) is 25.5 Å². The molecule has 132 valence electrons. The summed E-state index contributed by atoms with van der Waals surface area (Å²) in [5.41, 5.74) is 0.868. The van der Waals surface area contributed by atoms with Crippen molar-refractivity contribution in [2.24, 2.45) is 4.99 Å². The van der Waals surface area contributed by atoms with Crippen molar-refractivity contribution in [1.29, 1.82) is 0 Å². The third-order valence-electron chi connectivity index (χ3n) is 4.29. The number of rotatable bonds is 5. The lowest BCUT2D eigenvalue weighted by Gasteiger charge is -2.24. The Morgan fingerprint density at radius 2 is 2.12 bits per heavy atom. The molecule has 0 amide bonds. The van der Waals surface area contributed by atoms with Crippen LogP contribution in [0.5, 0.6) is 0 Å². The van der Waals surface area contributed by atoms with Crippen LogP contribution in [-0.2, 0) is 11.2 Å². The summed E-state index contributed by atoms with van der Waals surface area (Å²) in [6, 6.07) is 10.2. The second kappa shape index (κ2) is 8.71. The molecule has 24 heavy (non-hydrogen) atoms. The van der Waals surface area contributed by atoms with E-state index in [1.807, 2.05) is 18.2 Å². The number of nitrogens with zero attached hydrogens (tertiary/aromatic N) is 1. The zero-order chi connectivity index (χ0) is 16.1. The first-order chi connectivity index (χ1) is 11.2. The summed E-state index contributed by atoms with van der Waals surface area (Å²) in [5, 5.41) is 7.82. The molecule has 1 fully saturated rings. The number of benzene rings is 1. The first-order valence-electron chi connectivity index (χ1n) is 8.24. The fourth-order valence-corrected chi connectivity index (χ4v) is 2.93. The number of furan rings is 1. The molecule has 6 heteroatoms. The topological polar surface area (TPSA) is 58.8 Å². The van der Waals surface area contributed by atoms with Crippen LogP contribution in [0.3, 0.4) is 0 Å². The molecule has 0 radical (unpaired) electrons. The van der Waals surface area contributed by atoms with Gasteiger partial charge < -0.3 is 19.8 Å². The normalized spacial score (nSPS) is 20.8. The van der Waals surface area contributed by atoms with E-state index in [9.17, 15) is 0 Å². The largest absolute Gasteiger partial charge is 0.461 e. The van der Waals surface area contributed by atoms with Gasteiger partial charge in [-0.3, -0.25) is 4.99 Å². The highest BCUT2D eigenvalue weighted by Gasteiger charge is 2.29. The van der Waals surface area contributed by atoms with Gasteiger partial charge in [-0.1, -0.05) is 18.2 Å². The van der Waals surface area contributed by atoms with Crippen molar-refractivity contribution in [3.8, 4) is 0 Å². The van der Waals surface area contributed by atoms with Gasteiger partial charge in [0.05, 0.1) is 5.60 Å². The maximum absolute atomic E-state index is 5.82. The van der Waals surface area contributed by atoms with Crippen molar-refractivity contribution in [3.63, 3.8) is 0 Å². The fraction of sp³-hybridized carbons (Fsp3) is 0.500. The molecule has 0 spiro atoms. The van der Waals surface area contributed by atoms with E-state index in [0.717, 1.165) is 61.6 Å². The molecule has 1 aromatic heterocycles. The predicted octanol–water partition coefficient (Wildman–Crippen LogP) is 3.33. The highest BCUT2D eigenvalue weighted by molar-refractivity contribution is 14.0. The van der Waals surface area contributed by atoms with Gasteiger partial charge in [-0.25, -0.2) is 0 Å². The van der Waals surface area contributed by atoms with E-state index in [2.05, 4.69) is 34.7 Å². The standard InChI is InChI=1S/C18H25N3O2.HI/c1-18(9-5-11-22-18)13-21-17(19-2)20-10-8-15-12-14-6-3-4-7-16(14)23-15;/h3-4,6-7,12H,5,8-11,13H2,1-2H3,(H2,19,20,21);1H. The lowest BCUT2D eigenvalue weighted by Crippen LogP contribution is -2.45. The number of nitrogens with one attached hydrogen (secondary N) is 2. The quantitative estimate of drug-likeness (QED) is 0.423. The van der Waals surface area contributed by atoms with E-state index in [4.69, 9.17) is 9.15 Å². The van der Waals surface area contributed by atoms with Gasteiger partial charge in [-0.05, 0) is 31.9 Å². The Bertz CT molecular complexity index is 645. The molecule has 5 nitrogen and oxygen atoms in total. The zero-order valence-corrected chi connectivity index (χ0v) is 16.6. The number of hydrogen-bond acceptors (Lipinski definition) is 3. The van der Waals surface area contributed by atoms with Crippen molar-refractivity contribution in [2.75, 3.05) is 26.7 Å². The Labute approximate surface area is 160 Å². The van der Waals surface area contributed by atoms with Crippen molar-refractivity contribution >= 4 is 40.9 Å². The van der Waals surface area contributed by atoms with E-state index in [1.165, 1.54) is 0 Å². The van der Waals surface area contributed by atoms with Crippen LogP contribution < -0.4 is 10.6 Å². The van der Waals surface area contributed by atoms with E-state index < -0.39 is 0 Å². The molecule has 1 aromatic carbocycles. The van der Waals surface area contributed by atoms with Gasteiger partial charge in [0, 0.05) is 38.6 Å². The molecule has 0 saturated carbocycles. The molecule has 3 rings (SSSR count). The number of para-hydroxylation sites is 1. The molecule has 0 bridgehead atoms. The van der Waals surface area contributed by atoms with Crippen LogP contribution in [0.2, 0.25) is 0 Å². The molecule has 1 aliphatic rings. The molecule has 1 unspecified atom stereocenters.